The molecule has 35 heavy (non-hydrogen) atoms. The minimum atomic E-state index is -0.490. The standard InChI is InChI=1S/C16H22O4.C9H20O.C4H10O/c1-11(2)9-19-15(17)13-7-5-6-8-14(13)16(18)20-10-12(3)4;1-7(2)8(3)9(4,5)10-6;1-3-4-5-2/h5-8,11-12H,9-10H2,1-4H3;7-8H,1-6H3;3-4H2,1-2H3. The Morgan fingerprint density at radius 3 is 1.40 bits per heavy atom. The molecule has 1 unspecified atom stereocenters. The number of carbonyl (C=O) groups excluding carboxylic acids is 2. The van der Waals surface area contributed by atoms with Crippen LogP contribution in [0.4, 0.5) is 0 Å². The summed E-state index contributed by atoms with van der Waals surface area (Å²) in [5.74, 6) is 0.817. The first-order valence-electron chi connectivity index (χ1n) is 12.7. The van der Waals surface area contributed by atoms with Gasteiger partial charge in [0.15, 0.2) is 0 Å². The summed E-state index contributed by atoms with van der Waals surface area (Å²) in [7, 11) is 3.49. The summed E-state index contributed by atoms with van der Waals surface area (Å²) < 4.78 is 20.4. The third kappa shape index (κ3) is 16.4. The minimum absolute atomic E-state index is 0.0220. The molecule has 0 radical (unpaired) electrons. The lowest BCUT2D eigenvalue weighted by atomic mass is 9.84. The van der Waals surface area contributed by atoms with Gasteiger partial charge in [-0.25, -0.2) is 9.59 Å². The molecule has 0 aliphatic carbocycles. The van der Waals surface area contributed by atoms with Gasteiger partial charge in [0.05, 0.1) is 29.9 Å². The van der Waals surface area contributed by atoms with E-state index in [0.29, 0.717) is 25.0 Å². The van der Waals surface area contributed by atoms with Crippen molar-refractivity contribution in [3.05, 3.63) is 35.4 Å². The van der Waals surface area contributed by atoms with Gasteiger partial charge in [0, 0.05) is 20.8 Å². The van der Waals surface area contributed by atoms with Crippen molar-refractivity contribution < 1.29 is 28.5 Å². The molecule has 0 heterocycles. The van der Waals surface area contributed by atoms with Crippen LogP contribution in [0.5, 0.6) is 0 Å². The van der Waals surface area contributed by atoms with Crippen LogP contribution >= 0.6 is 0 Å². The maximum absolute atomic E-state index is 12.0. The maximum Gasteiger partial charge on any atom is 0.339 e. The van der Waals surface area contributed by atoms with Gasteiger partial charge in [0.2, 0.25) is 0 Å². The Morgan fingerprint density at radius 2 is 1.20 bits per heavy atom. The van der Waals surface area contributed by atoms with Crippen molar-refractivity contribution in [2.24, 2.45) is 23.7 Å². The molecule has 0 N–H and O–H groups in total. The number of rotatable bonds is 11. The quantitative estimate of drug-likeness (QED) is 0.305. The first-order chi connectivity index (χ1) is 16.2. The number of ether oxygens (including phenoxy) is 4. The Hall–Kier alpha value is -1.92. The highest BCUT2D eigenvalue weighted by molar-refractivity contribution is 6.03. The number of benzene rings is 1. The highest BCUT2D eigenvalue weighted by Crippen LogP contribution is 2.26. The Bertz CT molecular complexity index is 649. The van der Waals surface area contributed by atoms with Gasteiger partial charge in [-0.15, -0.1) is 0 Å². The van der Waals surface area contributed by atoms with Gasteiger partial charge in [-0.2, -0.15) is 0 Å². The molecule has 6 nitrogen and oxygen atoms in total. The van der Waals surface area contributed by atoms with Crippen molar-refractivity contribution >= 4 is 11.9 Å². The molecule has 0 aliphatic heterocycles. The van der Waals surface area contributed by atoms with Crippen molar-refractivity contribution in [3.8, 4) is 0 Å². The van der Waals surface area contributed by atoms with E-state index >= 15 is 0 Å². The zero-order chi connectivity index (χ0) is 27.6. The highest BCUT2D eigenvalue weighted by Gasteiger charge is 2.27. The molecule has 6 heteroatoms. The van der Waals surface area contributed by atoms with Gasteiger partial charge in [-0.1, -0.05) is 67.5 Å². The molecule has 1 rings (SSSR count). The van der Waals surface area contributed by atoms with Crippen LogP contribution in [-0.2, 0) is 18.9 Å². The average molecular weight is 497 g/mol. The lowest BCUT2D eigenvalue weighted by Gasteiger charge is -2.33. The lowest BCUT2D eigenvalue weighted by molar-refractivity contribution is -0.0367. The second-order valence-corrected chi connectivity index (χ2v) is 10.4. The predicted octanol–water partition coefficient (Wildman–Crippen LogP) is 7.06. The van der Waals surface area contributed by atoms with Crippen LogP contribution < -0.4 is 0 Å². The number of methoxy groups -OCH3 is 2. The molecular formula is C29H52O6. The Morgan fingerprint density at radius 1 is 0.800 bits per heavy atom. The van der Waals surface area contributed by atoms with Crippen molar-refractivity contribution in [1.29, 1.82) is 0 Å². The summed E-state index contributed by atoms with van der Waals surface area (Å²) in [5, 5.41) is 0. The van der Waals surface area contributed by atoms with E-state index in [9.17, 15) is 9.59 Å². The van der Waals surface area contributed by atoms with E-state index in [-0.39, 0.29) is 28.6 Å². The third-order valence-corrected chi connectivity index (χ3v) is 5.49. The van der Waals surface area contributed by atoms with Crippen LogP contribution in [0.2, 0.25) is 0 Å². The fourth-order valence-electron chi connectivity index (χ4n) is 2.67. The predicted molar refractivity (Wildman–Crippen MR) is 144 cm³/mol. The molecule has 1 aromatic rings. The third-order valence-electron chi connectivity index (χ3n) is 5.49. The highest BCUT2D eigenvalue weighted by atomic mass is 16.5. The average Bonchev–Trinajstić information content (AvgIpc) is 2.81. The van der Waals surface area contributed by atoms with Crippen LogP contribution in [0.15, 0.2) is 24.3 Å². The lowest BCUT2D eigenvalue weighted by Crippen LogP contribution is -2.34. The number of carbonyl (C=O) groups is 2. The molecule has 0 aliphatic rings. The molecular weight excluding hydrogens is 444 g/mol. The van der Waals surface area contributed by atoms with Gasteiger partial charge in [0.25, 0.3) is 0 Å². The maximum atomic E-state index is 12.0. The van der Waals surface area contributed by atoms with Crippen LogP contribution in [0.3, 0.4) is 0 Å². The number of hydrogen-bond donors (Lipinski definition) is 0. The van der Waals surface area contributed by atoms with Crippen LogP contribution in [0.25, 0.3) is 0 Å². The number of hydrogen-bond acceptors (Lipinski definition) is 6. The van der Waals surface area contributed by atoms with E-state index in [0.717, 1.165) is 13.0 Å². The van der Waals surface area contributed by atoms with Gasteiger partial charge in [-0.05, 0) is 56.1 Å². The summed E-state index contributed by atoms with van der Waals surface area (Å²) in [4.78, 5) is 24.0. The zero-order valence-electron chi connectivity index (χ0n) is 24.4. The van der Waals surface area contributed by atoms with E-state index in [4.69, 9.17) is 18.9 Å². The molecule has 0 aromatic heterocycles. The summed E-state index contributed by atoms with van der Waals surface area (Å²) in [6, 6.07) is 6.56. The second-order valence-electron chi connectivity index (χ2n) is 10.4. The van der Waals surface area contributed by atoms with Gasteiger partial charge in [-0.3, -0.25) is 0 Å². The SMILES string of the molecule is CC(C)COC(=O)c1ccccc1C(=O)OCC(C)C.CCCOC.COC(C)(C)C(C)C(C)C. The smallest absolute Gasteiger partial charge is 0.339 e. The van der Waals surface area contributed by atoms with E-state index in [1.807, 2.05) is 27.7 Å². The Kier molecular flexibility index (Phi) is 19.4. The molecule has 0 saturated carbocycles. The monoisotopic (exact) mass is 496 g/mol. The van der Waals surface area contributed by atoms with E-state index in [1.54, 1.807) is 38.5 Å². The van der Waals surface area contributed by atoms with Crippen molar-refractivity contribution in [2.75, 3.05) is 34.0 Å². The molecule has 0 saturated heterocycles. The molecule has 0 fully saturated rings. The molecule has 1 atom stereocenters. The van der Waals surface area contributed by atoms with Crippen LogP contribution in [-0.4, -0.2) is 51.6 Å². The van der Waals surface area contributed by atoms with E-state index in [1.165, 1.54) is 0 Å². The van der Waals surface area contributed by atoms with Gasteiger partial charge >= 0.3 is 11.9 Å². The molecule has 1 aromatic carbocycles. The van der Waals surface area contributed by atoms with Crippen LogP contribution in [0, 0.1) is 23.7 Å². The summed E-state index contributed by atoms with van der Waals surface area (Å²) in [5.41, 5.74) is 0.526. The Balaban J connectivity index is 0. The van der Waals surface area contributed by atoms with Crippen molar-refractivity contribution in [1.82, 2.24) is 0 Å². The summed E-state index contributed by atoms with van der Waals surface area (Å²) in [6.07, 6.45) is 1.12. The number of esters is 2. The molecule has 0 bridgehead atoms. The first-order valence-corrected chi connectivity index (χ1v) is 12.7. The molecule has 0 amide bonds. The second kappa shape index (κ2) is 19.3. The molecule has 0 spiro atoms. The van der Waals surface area contributed by atoms with Gasteiger partial charge < -0.3 is 18.9 Å². The summed E-state index contributed by atoms with van der Waals surface area (Å²) >= 11 is 0. The zero-order valence-corrected chi connectivity index (χ0v) is 24.4. The van der Waals surface area contributed by atoms with Gasteiger partial charge in [0.1, 0.15) is 0 Å². The topological polar surface area (TPSA) is 71.1 Å². The minimum Gasteiger partial charge on any atom is -0.462 e. The van der Waals surface area contributed by atoms with Crippen LogP contribution in [0.1, 0.15) is 96.4 Å². The molecule has 204 valence electrons. The first kappa shape index (κ1) is 35.2. The Labute approximate surface area is 215 Å². The summed E-state index contributed by atoms with van der Waals surface area (Å²) in [6.45, 7) is 22.4. The largest absolute Gasteiger partial charge is 0.462 e. The fraction of sp³-hybridized carbons (Fsp3) is 0.724. The fourth-order valence-corrected chi connectivity index (χ4v) is 2.67. The normalized spacial score (nSPS) is 11.9. The van der Waals surface area contributed by atoms with Crippen molar-refractivity contribution in [3.63, 3.8) is 0 Å². The van der Waals surface area contributed by atoms with Crippen molar-refractivity contribution in [2.45, 2.75) is 81.3 Å². The van der Waals surface area contributed by atoms with E-state index < -0.39 is 11.9 Å². The van der Waals surface area contributed by atoms with E-state index in [2.05, 4.69) is 41.5 Å².